The zero-order valence-corrected chi connectivity index (χ0v) is 10.5. The lowest BCUT2D eigenvalue weighted by Gasteiger charge is -2.25. The van der Waals surface area contributed by atoms with Crippen molar-refractivity contribution in [2.24, 2.45) is 0 Å². The molecule has 1 atom stereocenters. The fourth-order valence-electron chi connectivity index (χ4n) is 1.25. The van der Waals surface area contributed by atoms with Gasteiger partial charge in [-0.25, -0.2) is 0 Å². The third kappa shape index (κ3) is 5.39. The topological polar surface area (TPSA) is 58.6 Å². The highest BCUT2D eigenvalue weighted by atomic mass is 32.2. The second-order valence-corrected chi connectivity index (χ2v) is 4.74. The van der Waals surface area contributed by atoms with Crippen molar-refractivity contribution in [3.05, 3.63) is 0 Å². The van der Waals surface area contributed by atoms with Crippen LogP contribution in [0.3, 0.4) is 0 Å². The molecule has 0 aromatic heterocycles. The summed E-state index contributed by atoms with van der Waals surface area (Å²) in [4.78, 5) is 11.5. The molecular formula is C10H21NO3S. The van der Waals surface area contributed by atoms with E-state index in [1.165, 1.54) is 7.11 Å². The van der Waals surface area contributed by atoms with E-state index in [0.717, 1.165) is 24.3 Å². The summed E-state index contributed by atoms with van der Waals surface area (Å²) in [5.41, 5.74) is -0.589. The number of thioether (sulfide) groups is 1. The van der Waals surface area contributed by atoms with Gasteiger partial charge < -0.3 is 15.2 Å². The molecule has 0 aliphatic carbocycles. The monoisotopic (exact) mass is 235 g/mol. The summed E-state index contributed by atoms with van der Waals surface area (Å²) in [5, 5.41) is 11.6. The first-order valence-corrected chi connectivity index (χ1v) is 6.22. The second-order valence-electron chi connectivity index (χ2n) is 3.51. The van der Waals surface area contributed by atoms with Gasteiger partial charge in [-0.05, 0) is 32.6 Å². The van der Waals surface area contributed by atoms with Crippen LogP contribution < -0.4 is 5.32 Å². The highest BCUT2D eigenvalue weighted by Gasteiger charge is 2.31. The first-order chi connectivity index (χ1) is 7.10. The molecule has 0 aliphatic rings. The van der Waals surface area contributed by atoms with Crippen LogP contribution in [0.5, 0.6) is 0 Å². The number of hydrogen-bond donors (Lipinski definition) is 2. The zero-order valence-electron chi connectivity index (χ0n) is 9.71. The smallest absolute Gasteiger partial charge is 0.325 e. The van der Waals surface area contributed by atoms with Gasteiger partial charge in [-0.2, -0.15) is 11.8 Å². The van der Waals surface area contributed by atoms with Gasteiger partial charge >= 0.3 is 5.97 Å². The molecule has 0 aliphatic heterocycles. The van der Waals surface area contributed by atoms with Gasteiger partial charge in [0.2, 0.25) is 0 Å². The van der Waals surface area contributed by atoms with Crippen molar-refractivity contribution in [3.63, 3.8) is 0 Å². The van der Waals surface area contributed by atoms with Gasteiger partial charge in [-0.1, -0.05) is 0 Å². The number of carbonyl (C=O) groups excluding carboxylic acids is 1. The summed E-state index contributed by atoms with van der Waals surface area (Å²) >= 11 is 1.69. The lowest BCUT2D eigenvalue weighted by molar-refractivity contribution is -0.148. The number of hydrogen-bond acceptors (Lipinski definition) is 5. The number of rotatable bonds is 8. The van der Waals surface area contributed by atoms with E-state index in [4.69, 9.17) is 9.84 Å². The van der Waals surface area contributed by atoms with Gasteiger partial charge in [0, 0.05) is 5.75 Å². The van der Waals surface area contributed by atoms with E-state index < -0.39 is 5.54 Å². The third-order valence-electron chi connectivity index (χ3n) is 2.39. The number of aliphatic hydroxyl groups is 1. The summed E-state index contributed by atoms with van der Waals surface area (Å²) in [6.07, 6.45) is 1.67. The van der Waals surface area contributed by atoms with E-state index in [0.29, 0.717) is 0 Å². The average Bonchev–Trinajstić information content (AvgIpc) is 2.27. The zero-order chi connectivity index (χ0) is 11.7. The van der Waals surface area contributed by atoms with Crippen molar-refractivity contribution in [3.8, 4) is 0 Å². The van der Waals surface area contributed by atoms with Crippen molar-refractivity contribution < 1.29 is 14.6 Å². The van der Waals surface area contributed by atoms with Crippen LogP contribution in [-0.4, -0.2) is 48.9 Å². The van der Waals surface area contributed by atoms with Crippen LogP contribution in [0.2, 0.25) is 0 Å². The maximum atomic E-state index is 11.5. The minimum atomic E-state index is -0.589. The average molecular weight is 235 g/mol. The van der Waals surface area contributed by atoms with Crippen LogP contribution in [0.15, 0.2) is 0 Å². The number of esters is 1. The fraction of sp³-hybridized carbons (Fsp3) is 0.900. The van der Waals surface area contributed by atoms with Crippen LogP contribution in [0.25, 0.3) is 0 Å². The number of nitrogens with one attached hydrogen (secondary N) is 1. The molecule has 90 valence electrons. The Balaban J connectivity index is 3.83. The number of methoxy groups -OCH3 is 1. The number of likely N-dealkylation sites (N-methyl/N-ethyl adjacent to an activating group) is 1. The molecule has 0 bridgehead atoms. The Morgan fingerprint density at radius 2 is 2.20 bits per heavy atom. The molecule has 0 saturated heterocycles. The predicted molar refractivity (Wildman–Crippen MR) is 63.1 cm³/mol. The van der Waals surface area contributed by atoms with Crippen LogP contribution in [0.4, 0.5) is 0 Å². The van der Waals surface area contributed by atoms with Crippen LogP contribution >= 0.6 is 11.8 Å². The molecule has 1 unspecified atom stereocenters. The molecule has 0 spiro atoms. The minimum absolute atomic E-state index is 0.213. The van der Waals surface area contributed by atoms with E-state index in [2.05, 4.69) is 5.32 Å². The quantitative estimate of drug-likeness (QED) is 0.478. The Kier molecular flexibility index (Phi) is 7.82. The van der Waals surface area contributed by atoms with Crippen molar-refractivity contribution in [1.29, 1.82) is 0 Å². The molecule has 0 rings (SSSR count). The molecule has 0 fully saturated rings. The van der Waals surface area contributed by atoms with E-state index in [1.54, 1.807) is 18.8 Å². The summed E-state index contributed by atoms with van der Waals surface area (Å²) < 4.78 is 4.74. The van der Waals surface area contributed by atoms with Crippen molar-refractivity contribution in [1.82, 2.24) is 5.32 Å². The van der Waals surface area contributed by atoms with Gasteiger partial charge in [0.15, 0.2) is 0 Å². The summed E-state index contributed by atoms with van der Waals surface area (Å²) in [7, 11) is 3.16. The van der Waals surface area contributed by atoms with Gasteiger partial charge in [0.05, 0.1) is 13.7 Å². The maximum Gasteiger partial charge on any atom is 0.325 e. The Morgan fingerprint density at radius 1 is 1.53 bits per heavy atom. The predicted octanol–water partition coefficient (Wildman–Crippen LogP) is 0.643. The fourth-order valence-corrected chi connectivity index (χ4v) is 1.93. The minimum Gasteiger partial charge on any atom is -0.468 e. The number of aliphatic hydroxyl groups excluding tert-OH is 1. The summed E-state index contributed by atoms with van der Waals surface area (Å²) in [5.74, 6) is 1.49. The van der Waals surface area contributed by atoms with E-state index >= 15 is 0 Å². The lowest BCUT2D eigenvalue weighted by Crippen LogP contribution is -2.48. The Labute approximate surface area is 95.8 Å². The Morgan fingerprint density at radius 3 is 2.67 bits per heavy atom. The lowest BCUT2D eigenvalue weighted by atomic mass is 9.97. The molecule has 0 radical (unpaired) electrons. The normalized spacial score (nSPS) is 14.7. The largest absolute Gasteiger partial charge is 0.468 e. The molecule has 5 heteroatoms. The summed E-state index contributed by atoms with van der Waals surface area (Å²) in [6.45, 7) is 2.06. The van der Waals surface area contributed by atoms with Crippen LogP contribution in [0, 0.1) is 0 Å². The molecule has 15 heavy (non-hydrogen) atoms. The standard InChI is InChI=1S/C10H21NO3S/c1-10(11-2,9(13)14-3)5-4-7-15-8-6-12/h11-12H,4-8H2,1-3H3. The third-order valence-corrected chi connectivity index (χ3v) is 3.44. The van der Waals surface area contributed by atoms with Crippen molar-refractivity contribution >= 4 is 17.7 Å². The van der Waals surface area contributed by atoms with E-state index in [9.17, 15) is 4.79 Å². The van der Waals surface area contributed by atoms with E-state index in [1.807, 2.05) is 6.92 Å². The maximum absolute atomic E-state index is 11.5. The van der Waals surface area contributed by atoms with E-state index in [-0.39, 0.29) is 12.6 Å². The SMILES string of the molecule is CNC(C)(CCCSCCO)C(=O)OC. The Hall–Kier alpha value is -0.260. The van der Waals surface area contributed by atoms with Gasteiger partial charge in [-0.15, -0.1) is 0 Å². The molecule has 0 amide bonds. The number of carbonyl (C=O) groups is 1. The molecule has 0 heterocycles. The second kappa shape index (κ2) is 7.96. The van der Waals surface area contributed by atoms with Crippen LogP contribution in [-0.2, 0) is 9.53 Å². The molecular weight excluding hydrogens is 214 g/mol. The number of ether oxygens (including phenoxy) is 1. The first kappa shape index (κ1) is 14.7. The van der Waals surface area contributed by atoms with Gasteiger partial charge in [0.25, 0.3) is 0 Å². The summed E-state index contributed by atoms with van der Waals surface area (Å²) in [6, 6.07) is 0. The highest BCUT2D eigenvalue weighted by Crippen LogP contribution is 2.16. The van der Waals surface area contributed by atoms with Crippen molar-refractivity contribution in [2.75, 3.05) is 32.3 Å². The first-order valence-electron chi connectivity index (χ1n) is 5.06. The molecule has 2 N–H and O–H groups in total. The van der Waals surface area contributed by atoms with Gasteiger partial charge in [0.1, 0.15) is 5.54 Å². The van der Waals surface area contributed by atoms with Crippen LogP contribution in [0.1, 0.15) is 19.8 Å². The highest BCUT2D eigenvalue weighted by molar-refractivity contribution is 7.99. The van der Waals surface area contributed by atoms with Crippen molar-refractivity contribution in [2.45, 2.75) is 25.3 Å². The molecule has 0 aromatic rings. The Bertz CT molecular complexity index is 190. The molecule has 0 saturated carbocycles. The molecule has 4 nitrogen and oxygen atoms in total. The molecule has 0 aromatic carbocycles. The van der Waals surface area contributed by atoms with Gasteiger partial charge in [-0.3, -0.25) is 4.79 Å².